The molecule has 3 rings (SSSR count). The Bertz CT molecular complexity index is 927. The van der Waals surface area contributed by atoms with Crippen molar-refractivity contribution in [3.8, 4) is 5.69 Å². The van der Waals surface area contributed by atoms with Crippen LogP contribution in [0.4, 0.5) is 0 Å². The molecule has 152 valence electrons. The molecule has 10 heteroatoms. The lowest BCUT2D eigenvalue weighted by molar-refractivity contribution is 0.0676. The van der Waals surface area contributed by atoms with E-state index in [0.717, 1.165) is 24.1 Å². The summed E-state index contributed by atoms with van der Waals surface area (Å²) in [5, 5.41) is 10.7. The van der Waals surface area contributed by atoms with Crippen LogP contribution in [0, 0.1) is 12.8 Å². The minimum absolute atomic E-state index is 0.0391. The monoisotopic (exact) mass is 406 g/mol. The van der Waals surface area contributed by atoms with E-state index in [2.05, 4.69) is 20.2 Å². The number of nitrogens with one attached hydrogen (secondary N) is 1. The van der Waals surface area contributed by atoms with Gasteiger partial charge >= 0.3 is 0 Å². The van der Waals surface area contributed by atoms with Crippen LogP contribution in [0.3, 0.4) is 0 Å². The van der Waals surface area contributed by atoms with Crippen molar-refractivity contribution in [1.29, 1.82) is 0 Å². The smallest absolute Gasteiger partial charge is 0.253 e. The van der Waals surface area contributed by atoms with Gasteiger partial charge in [-0.25, -0.2) is 17.8 Å². The Morgan fingerprint density at radius 3 is 2.79 bits per heavy atom. The van der Waals surface area contributed by atoms with Crippen molar-refractivity contribution >= 4 is 15.9 Å². The second kappa shape index (κ2) is 8.36. The number of tetrazole rings is 1. The topological polar surface area (TPSA) is 110 Å². The molecule has 0 spiro atoms. The number of carbonyl (C=O) groups excluding carboxylic acids is 1. The number of hydrogen-bond donors (Lipinski definition) is 1. The van der Waals surface area contributed by atoms with Crippen molar-refractivity contribution in [2.45, 2.75) is 38.9 Å². The highest BCUT2D eigenvalue weighted by Crippen LogP contribution is 2.21. The van der Waals surface area contributed by atoms with Crippen molar-refractivity contribution in [3.63, 3.8) is 0 Å². The predicted octanol–water partition coefficient (Wildman–Crippen LogP) is 1.15. The summed E-state index contributed by atoms with van der Waals surface area (Å²) in [4.78, 5) is 14.8. The van der Waals surface area contributed by atoms with Crippen LogP contribution in [0.5, 0.6) is 0 Å². The quantitative estimate of drug-likeness (QED) is 0.771. The van der Waals surface area contributed by atoms with E-state index in [4.69, 9.17) is 0 Å². The fourth-order valence-electron chi connectivity index (χ4n) is 3.32. The second-order valence-electron chi connectivity index (χ2n) is 7.46. The Hall–Kier alpha value is -2.33. The van der Waals surface area contributed by atoms with Crippen molar-refractivity contribution in [2.75, 3.05) is 19.6 Å². The van der Waals surface area contributed by atoms with Gasteiger partial charge in [-0.05, 0) is 73.7 Å². The minimum Gasteiger partial charge on any atom is -0.338 e. The van der Waals surface area contributed by atoms with Gasteiger partial charge in [0.1, 0.15) is 6.33 Å². The third-order valence-electron chi connectivity index (χ3n) is 5.04. The maximum absolute atomic E-state index is 12.9. The number of sulfonamides is 1. The maximum atomic E-state index is 12.9. The molecule has 2 aromatic rings. The number of piperidine rings is 1. The van der Waals surface area contributed by atoms with Gasteiger partial charge in [0.25, 0.3) is 5.91 Å². The van der Waals surface area contributed by atoms with Crippen LogP contribution >= 0.6 is 0 Å². The number of likely N-dealkylation sites (tertiary alicyclic amines) is 1. The van der Waals surface area contributed by atoms with Crippen LogP contribution in [0.1, 0.15) is 42.6 Å². The van der Waals surface area contributed by atoms with Crippen LogP contribution in [0.15, 0.2) is 24.5 Å². The third-order valence-corrected chi connectivity index (χ3v) is 6.85. The standard InChI is InChI=1S/C18H26N6O3S/c1-13(2)28(26,27)20-10-15-5-4-8-23(11-15)18(25)16-6-7-17(14(3)9-16)24-12-19-21-22-24/h6-7,9,12-13,15,20H,4-5,8,10-11H2,1-3H3. The van der Waals surface area contributed by atoms with Crippen molar-refractivity contribution in [1.82, 2.24) is 29.8 Å². The number of carbonyl (C=O) groups is 1. The average molecular weight is 407 g/mol. The van der Waals surface area contributed by atoms with E-state index in [9.17, 15) is 13.2 Å². The van der Waals surface area contributed by atoms with E-state index < -0.39 is 15.3 Å². The van der Waals surface area contributed by atoms with Crippen LogP contribution in [-0.4, -0.2) is 64.3 Å². The first-order valence-electron chi connectivity index (χ1n) is 9.39. The summed E-state index contributed by atoms with van der Waals surface area (Å²) in [6.45, 7) is 6.81. The molecule has 1 N–H and O–H groups in total. The number of aromatic nitrogens is 4. The van der Waals surface area contributed by atoms with Crippen LogP contribution in [0.25, 0.3) is 5.69 Å². The molecule has 0 bridgehead atoms. The molecule has 1 aliphatic heterocycles. The number of nitrogens with zero attached hydrogens (tertiary/aromatic N) is 5. The zero-order valence-corrected chi connectivity index (χ0v) is 17.2. The lowest BCUT2D eigenvalue weighted by Crippen LogP contribution is -2.44. The normalized spacial score (nSPS) is 17.9. The van der Waals surface area contributed by atoms with Gasteiger partial charge in [0.15, 0.2) is 0 Å². The molecule has 0 saturated carbocycles. The molecular weight excluding hydrogens is 380 g/mol. The lowest BCUT2D eigenvalue weighted by Gasteiger charge is -2.33. The van der Waals surface area contributed by atoms with E-state index in [0.29, 0.717) is 25.2 Å². The Labute approximate surface area is 165 Å². The third kappa shape index (κ3) is 4.56. The summed E-state index contributed by atoms with van der Waals surface area (Å²) < 4.78 is 28.2. The second-order valence-corrected chi connectivity index (χ2v) is 9.78. The molecule has 1 saturated heterocycles. The van der Waals surface area contributed by atoms with Gasteiger partial charge in [-0.15, -0.1) is 5.10 Å². The van der Waals surface area contributed by atoms with E-state index >= 15 is 0 Å². The van der Waals surface area contributed by atoms with Crippen LogP contribution in [-0.2, 0) is 10.0 Å². The first kappa shape index (κ1) is 20.4. The van der Waals surface area contributed by atoms with Crippen molar-refractivity contribution in [3.05, 3.63) is 35.7 Å². The van der Waals surface area contributed by atoms with Gasteiger partial charge in [0, 0.05) is 25.2 Å². The Morgan fingerprint density at radius 1 is 1.36 bits per heavy atom. The fraction of sp³-hybridized carbons (Fsp3) is 0.556. The number of rotatable bonds is 6. The molecule has 1 aromatic heterocycles. The number of hydrogen-bond acceptors (Lipinski definition) is 6. The van der Waals surface area contributed by atoms with E-state index in [-0.39, 0.29) is 11.8 Å². The Morgan fingerprint density at radius 2 is 2.14 bits per heavy atom. The van der Waals surface area contributed by atoms with Gasteiger partial charge in [-0.1, -0.05) is 0 Å². The highest BCUT2D eigenvalue weighted by atomic mass is 32.2. The van der Waals surface area contributed by atoms with Gasteiger partial charge in [-0.3, -0.25) is 4.79 Å². The van der Waals surface area contributed by atoms with Crippen molar-refractivity contribution < 1.29 is 13.2 Å². The van der Waals surface area contributed by atoms with Gasteiger partial charge in [0.2, 0.25) is 10.0 Å². The van der Waals surface area contributed by atoms with E-state index in [1.54, 1.807) is 24.6 Å². The fourth-order valence-corrected chi connectivity index (χ4v) is 4.12. The molecular formula is C18H26N6O3S. The average Bonchev–Trinajstić information content (AvgIpc) is 3.20. The van der Waals surface area contributed by atoms with E-state index in [1.165, 1.54) is 6.33 Å². The zero-order chi connectivity index (χ0) is 20.3. The van der Waals surface area contributed by atoms with Crippen LogP contribution in [0.2, 0.25) is 0 Å². The number of benzene rings is 1. The van der Waals surface area contributed by atoms with Crippen LogP contribution < -0.4 is 4.72 Å². The summed E-state index contributed by atoms with van der Waals surface area (Å²) in [5.41, 5.74) is 2.33. The highest BCUT2D eigenvalue weighted by molar-refractivity contribution is 7.90. The summed E-state index contributed by atoms with van der Waals surface area (Å²) in [6, 6.07) is 5.44. The Balaban J connectivity index is 1.66. The van der Waals surface area contributed by atoms with Gasteiger partial charge in [0.05, 0.1) is 10.9 Å². The van der Waals surface area contributed by atoms with Gasteiger partial charge < -0.3 is 4.90 Å². The molecule has 28 heavy (non-hydrogen) atoms. The molecule has 1 amide bonds. The molecule has 1 unspecified atom stereocenters. The minimum atomic E-state index is -3.29. The van der Waals surface area contributed by atoms with Crippen molar-refractivity contribution in [2.24, 2.45) is 5.92 Å². The lowest BCUT2D eigenvalue weighted by atomic mass is 9.97. The number of amides is 1. The number of aryl methyl sites for hydroxylation is 1. The molecule has 1 aliphatic rings. The molecule has 0 aliphatic carbocycles. The van der Waals surface area contributed by atoms with E-state index in [1.807, 2.05) is 24.0 Å². The Kier molecular flexibility index (Phi) is 6.09. The molecule has 0 radical (unpaired) electrons. The summed E-state index contributed by atoms with van der Waals surface area (Å²) in [7, 11) is -3.29. The highest BCUT2D eigenvalue weighted by Gasteiger charge is 2.26. The van der Waals surface area contributed by atoms with Gasteiger partial charge in [-0.2, -0.15) is 0 Å². The summed E-state index contributed by atoms with van der Waals surface area (Å²) in [5.74, 6) is 0.0793. The molecule has 9 nitrogen and oxygen atoms in total. The summed E-state index contributed by atoms with van der Waals surface area (Å²) >= 11 is 0. The molecule has 1 aromatic carbocycles. The maximum Gasteiger partial charge on any atom is 0.253 e. The SMILES string of the molecule is Cc1cc(C(=O)N2CCCC(CNS(=O)(=O)C(C)C)C2)ccc1-n1cnnn1. The summed E-state index contributed by atoms with van der Waals surface area (Å²) in [6.07, 6.45) is 3.28. The molecule has 1 atom stereocenters. The predicted molar refractivity (Wildman–Crippen MR) is 105 cm³/mol. The zero-order valence-electron chi connectivity index (χ0n) is 16.4. The first-order valence-corrected chi connectivity index (χ1v) is 10.9. The first-order chi connectivity index (χ1) is 13.3. The molecule has 1 fully saturated rings. The largest absolute Gasteiger partial charge is 0.338 e. The molecule has 2 heterocycles.